The van der Waals surface area contributed by atoms with Gasteiger partial charge in [-0.25, -0.2) is 0 Å². The molecule has 0 amide bonds. The zero-order valence-corrected chi connectivity index (χ0v) is 6.95. The fourth-order valence-corrected chi connectivity index (χ4v) is 2.24. The van der Waals surface area contributed by atoms with Crippen LogP contribution in [0.5, 0.6) is 0 Å². The Bertz CT molecular complexity index is 188. The summed E-state index contributed by atoms with van der Waals surface area (Å²) in [6, 6.07) is 1.03. The van der Waals surface area contributed by atoms with Gasteiger partial charge in [0.1, 0.15) is 5.76 Å². The zero-order valence-electron chi connectivity index (χ0n) is 6.95. The average Bonchev–Trinajstić information content (AvgIpc) is 1.98. The number of piperidine rings is 1. The Hall–Kier alpha value is -0.500. The van der Waals surface area contributed by atoms with Crippen LogP contribution in [0.3, 0.4) is 0 Å². The lowest BCUT2D eigenvalue weighted by molar-refractivity contribution is 0.0911. The second-order valence-electron chi connectivity index (χ2n) is 3.63. The fourth-order valence-electron chi connectivity index (χ4n) is 2.24. The van der Waals surface area contributed by atoms with Gasteiger partial charge in [-0.1, -0.05) is 0 Å². The van der Waals surface area contributed by atoms with Gasteiger partial charge in [0, 0.05) is 6.04 Å². The Morgan fingerprint density at radius 3 is 3.09 bits per heavy atom. The van der Waals surface area contributed by atoms with Crippen molar-refractivity contribution in [2.75, 3.05) is 7.05 Å². The standard InChI is InChI=1S/C9H15NO/c1-10-7-3-2-4-8(10)9(11)6-5-7/h6-8,11H,2-5H2,1H3/t7-,8+/m0/s1. The molecule has 1 fully saturated rings. The van der Waals surface area contributed by atoms with E-state index >= 15 is 0 Å². The van der Waals surface area contributed by atoms with Gasteiger partial charge < -0.3 is 5.11 Å². The van der Waals surface area contributed by atoms with Crippen LogP contribution in [0.2, 0.25) is 0 Å². The van der Waals surface area contributed by atoms with Crippen LogP contribution in [0.4, 0.5) is 0 Å². The molecule has 0 aromatic heterocycles. The number of nitrogens with zero attached hydrogens (tertiary/aromatic N) is 1. The molecule has 2 nitrogen and oxygen atoms in total. The van der Waals surface area contributed by atoms with E-state index in [0.717, 1.165) is 12.8 Å². The van der Waals surface area contributed by atoms with Crippen LogP contribution < -0.4 is 0 Å². The first-order valence-corrected chi connectivity index (χ1v) is 4.40. The van der Waals surface area contributed by atoms with E-state index in [1.807, 2.05) is 6.08 Å². The van der Waals surface area contributed by atoms with E-state index in [4.69, 9.17) is 0 Å². The molecular weight excluding hydrogens is 138 g/mol. The monoisotopic (exact) mass is 153 g/mol. The average molecular weight is 153 g/mol. The molecule has 0 radical (unpaired) electrons. The number of aliphatic hydroxyl groups is 1. The van der Waals surface area contributed by atoms with Crippen molar-refractivity contribution in [3.8, 4) is 0 Å². The maximum absolute atomic E-state index is 9.51. The van der Waals surface area contributed by atoms with Gasteiger partial charge in [0.2, 0.25) is 0 Å². The fraction of sp³-hybridized carbons (Fsp3) is 0.778. The summed E-state index contributed by atoms with van der Waals surface area (Å²) >= 11 is 0. The van der Waals surface area contributed by atoms with Gasteiger partial charge in [-0.2, -0.15) is 0 Å². The van der Waals surface area contributed by atoms with E-state index < -0.39 is 0 Å². The van der Waals surface area contributed by atoms with Crippen LogP contribution in [-0.2, 0) is 0 Å². The SMILES string of the molecule is CN1[C@@H]2CC=C(O)[C@H]1CCC2. The summed E-state index contributed by atoms with van der Waals surface area (Å²) in [6.45, 7) is 0. The summed E-state index contributed by atoms with van der Waals surface area (Å²) in [5.74, 6) is 0.600. The third-order valence-corrected chi connectivity index (χ3v) is 3.02. The molecule has 0 saturated carbocycles. The molecule has 0 aliphatic carbocycles. The summed E-state index contributed by atoms with van der Waals surface area (Å²) in [7, 11) is 2.12. The molecular formula is C9H15NO. The van der Waals surface area contributed by atoms with Gasteiger partial charge in [-0.15, -0.1) is 0 Å². The van der Waals surface area contributed by atoms with Crippen LogP contribution in [0, 0.1) is 0 Å². The molecule has 1 saturated heterocycles. The highest BCUT2D eigenvalue weighted by Gasteiger charge is 2.32. The second kappa shape index (κ2) is 2.52. The molecule has 2 bridgehead atoms. The largest absolute Gasteiger partial charge is 0.511 e. The molecule has 0 spiro atoms. The lowest BCUT2D eigenvalue weighted by Gasteiger charge is -2.41. The number of rotatable bonds is 0. The summed E-state index contributed by atoms with van der Waals surface area (Å²) < 4.78 is 0. The number of likely N-dealkylation sites (N-methyl/N-ethyl adjacent to an activating group) is 1. The summed E-state index contributed by atoms with van der Waals surface area (Å²) in [5.41, 5.74) is 0. The molecule has 2 rings (SSSR count). The predicted molar refractivity (Wildman–Crippen MR) is 44.5 cm³/mol. The van der Waals surface area contributed by atoms with Crippen molar-refractivity contribution in [1.82, 2.24) is 4.90 Å². The first-order valence-electron chi connectivity index (χ1n) is 4.40. The van der Waals surface area contributed by atoms with Gasteiger partial charge in [0.15, 0.2) is 0 Å². The first-order chi connectivity index (χ1) is 5.29. The Kier molecular flexibility index (Phi) is 1.64. The Morgan fingerprint density at radius 1 is 1.55 bits per heavy atom. The molecule has 2 aliphatic rings. The molecule has 62 valence electrons. The lowest BCUT2D eigenvalue weighted by atomic mass is 9.89. The van der Waals surface area contributed by atoms with Crippen molar-refractivity contribution in [1.29, 1.82) is 0 Å². The van der Waals surface area contributed by atoms with Crippen molar-refractivity contribution >= 4 is 0 Å². The quantitative estimate of drug-likeness (QED) is 0.572. The number of hydrogen-bond acceptors (Lipinski definition) is 2. The van der Waals surface area contributed by atoms with Gasteiger partial charge in [0.25, 0.3) is 0 Å². The van der Waals surface area contributed by atoms with Gasteiger partial charge >= 0.3 is 0 Å². The van der Waals surface area contributed by atoms with E-state index in [1.54, 1.807) is 0 Å². The maximum atomic E-state index is 9.51. The zero-order chi connectivity index (χ0) is 7.84. The van der Waals surface area contributed by atoms with E-state index in [0.29, 0.717) is 17.8 Å². The Balaban J connectivity index is 2.22. The molecule has 0 aromatic carbocycles. The van der Waals surface area contributed by atoms with Crippen LogP contribution in [0.1, 0.15) is 25.7 Å². The van der Waals surface area contributed by atoms with Crippen molar-refractivity contribution in [3.63, 3.8) is 0 Å². The summed E-state index contributed by atoms with van der Waals surface area (Å²) in [6.07, 6.45) is 6.75. The third kappa shape index (κ3) is 1.06. The van der Waals surface area contributed by atoms with Crippen molar-refractivity contribution in [2.45, 2.75) is 37.8 Å². The maximum Gasteiger partial charge on any atom is 0.105 e. The van der Waals surface area contributed by atoms with Crippen LogP contribution in [0.25, 0.3) is 0 Å². The minimum Gasteiger partial charge on any atom is -0.511 e. The first kappa shape index (κ1) is 7.17. The van der Waals surface area contributed by atoms with Crippen LogP contribution in [0.15, 0.2) is 11.8 Å². The van der Waals surface area contributed by atoms with Gasteiger partial charge in [0.05, 0.1) is 6.04 Å². The normalized spacial score (nSPS) is 38.5. The van der Waals surface area contributed by atoms with E-state index in [9.17, 15) is 5.11 Å². The minimum absolute atomic E-state index is 0.336. The van der Waals surface area contributed by atoms with Crippen molar-refractivity contribution in [2.24, 2.45) is 0 Å². The van der Waals surface area contributed by atoms with Gasteiger partial charge in [-0.3, -0.25) is 4.90 Å². The summed E-state index contributed by atoms with van der Waals surface area (Å²) in [4.78, 5) is 2.32. The van der Waals surface area contributed by atoms with Crippen LogP contribution in [-0.4, -0.2) is 29.1 Å². The molecule has 11 heavy (non-hydrogen) atoms. The topological polar surface area (TPSA) is 23.5 Å². The van der Waals surface area contributed by atoms with Crippen LogP contribution >= 0.6 is 0 Å². The molecule has 0 unspecified atom stereocenters. The summed E-state index contributed by atoms with van der Waals surface area (Å²) in [5, 5.41) is 9.51. The molecule has 2 atom stereocenters. The molecule has 2 heteroatoms. The van der Waals surface area contributed by atoms with Crippen molar-refractivity contribution in [3.05, 3.63) is 11.8 Å². The van der Waals surface area contributed by atoms with Gasteiger partial charge in [-0.05, 0) is 38.8 Å². The molecule has 1 N–H and O–H groups in total. The lowest BCUT2D eigenvalue weighted by Crippen LogP contribution is -2.47. The minimum atomic E-state index is 0.336. The highest BCUT2D eigenvalue weighted by atomic mass is 16.3. The van der Waals surface area contributed by atoms with E-state index in [2.05, 4.69) is 11.9 Å². The van der Waals surface area contributed by atoms with E-state index in [1.165, 1.54) is 12.8 Å². The second-order valence-corrected chi connectivity index (χ2v) is 3.63. The van der Waals surface area contributed by atoms with E-state index in [-0.39, 0.29) is 0 Å². The molecule has 2 heterocycles. The molecule has 0 aromatic rings. The number of fused-ring (bicyclic) bond motifs is 2. The predicted octanol–water partition coefficient (Wildman–Crippen LogP) is 1.68. The smallest absolute Gasteiger partial charge is 0.105 e. The number of hydrogen-bond donors (Lipinski definition) is 1. The number of aliphatic hydroxyl groups excluding tert-OH is 1. The molecule has 2 aliphatic heterocycles. The highest BCUT2D eigenvalue weighted by Crippen LogP contribution is 2.31. The Labute approximate surface area is 67.5 Å². The van der Waals surface area contributed by atoms with Crippen molar-refractivity contribution < 1.29 is 5.11 Å². The Morgan fingerprint density at radius 2 is 2.36 bits per heavy atom. The highest BCUT2D eigenvalue weighted by molar-refractivity contribution is 5.10. The third-order valence-electron chi connectivity index (χ3n) is 3.02.